The van der Waals surface area contributed by atoms with Crippen molar-refractivity contribution in [3.05, 3.63) is 71.9 Å². The Morgan fingerprint density at radius 1 is 1.00 bits per heavy atom. The van der Waals surface area contributed by atoms with E-state index >= 15 is 0 Å². The Labute approximate surface area is 193 Å². The van der Waals surface area contributed by atoms with Crippen LogP contribution in [0, 0.1) is 0 Å². The van der Waals surface area contributed by atoms with E-state index in [0.717, 1.165) is 35.0 Å². The Kier molecular flexibility index (Phi) is 7.84. The van der Waals surface area contributed by atoms with Gasteiger partial charge in [-0.05, 0) is 37.7 Å². The number of aromatic nitrogens is 1. The van der Waals surface area contributed by atoms with Crippen LogP contribution in [0.3, 0.4) is 0 Å². The minimum Gasteiger partial charge on any atom is -0.436 e. The number of amides is 2. The predicted octanol–water partition coefficient (Wildman–Crippen LogP) is 2.55. The number of fused-ring (bicyclic) bond motifs is 1. The summed E-state index contributed by atoms with van der Waals surface area (Å²) in [6, 6.07) is 16.9. The first kappa shape index (κ1) is 24.0. The highest BCUT2D eigenvalue weighted by atomic mass is 16.6. The van der Waals surface area contributed by atoms with Crippen LogP contribution < -0.4 is 5.73 Å². The van der Waals surface area contributed by atoms with E-state index in [-0.39, 0.29) is 18.9 Å². The zero-order chi connectivity index (χ0) is 24.0. The summed E-state index contributed by atoms with van der Waals surface area (Å²) < 4.78 is 6.67. The summed E-state index contributed by atoms with van der Waals surface area (Å²) in [4.78, 5) is 40.9. The molecule has 0 aliphatic rings. The van der Waals surface area contributed by atoms with E-state index in [1.807, 2.05) is 74.9 Å². The summed E-state index contributed by atoms with van der Waals surface area (Å²) in [5.41, 5.74) is 7.87. The topological polar surface area (TPSA) is 97.9 Å². The fourth-order valence-electron chi connectivity index (χ4n) is 3.75. The summed E-state index contributed by atoms with van der Waals surface area (Å²) in [6.07, 6.45) is 0.665. The molecule has 33 heavy (non-hydrogen) atoms. The summed E-state index contributed by atoms with van der Waals surface area (Å²) in [7, 11) is 5.52. The second kappa shape index (κ2) is 10.8. The number of likely N-dealkylation sites (N-methyl/N-ethyl adjacent to an activating group) is 2. The summed E-state index contributed by atoms with van der Waals surface area (Å²) in [5.74, 6) is -0.744. The van der Waals surface area contributed by atoms with E-state index in [1.54, 1.807) is 4.57 Å². The van der Waals surface area contributed by atoms with Gasteiger partial charge in [-0.25, -0.2) is 4.79 Å². The van der Waals surface area contributed by atoms with Crippen LogP contribution in [-0.4, -0.2) is 72.6 Å². The summed E-state index contributed by atoms with van der Waals surface area (Å²) in [6.45, 7) is 0.685. The molecule has 3 rings (SSSR count). The van der Waals surface area contributed by atoms with Gasteiger partial charge in [-0.15, -0.1) is 0 Å². The molecule has 8 nitrogen and oxygen atoms in total. The molecule has 1 unspecified atom stereocenters. The number of carbonyl (C=O) groups is 3. The highest BCUT2D eigenvalue weighted by molar-refractivity contribution is 5.97. The molecule has 0 radical (unpaired) electrons. The van der Waals surface area contributed by atoms with Crippen molar-refractivity contribution in [3.63, 3.8) is 0 Å². The number of nitrogens with two attached hydrogens (primary N) is 1. The zero-order valence-corrected chi connectivity index (χ0v) is 19.2. The fraction of sp³-hybridized carbons (Fsp3) is 0.320. The molecule has 2 N–H and O–H groups in total. The third-order valence-electron chi connectivity index (χ3n) is 5.44. The highest BCUT2D eigenvalue weighted by Crippen LogP contribution is 2.22. The number of ether oxygens (including phenoxy) is 1. The Morgan fingerprint density at radius 3 is 2.33 bits per heavy atom. The molecule has 0 saturated carbocycles. The zero-order valence-electron chi connectivity index (χ0n) is 19.2. The first-order valence-electron chi connectivity index (χ1n) is 10.8. The predicted molar refractivity (Wildman–Crippen MR) is 127 cm³/mol. The van der Waals surface area contributed by atoms with Gasteiger partial charge in [-0.3, -0.25) is 14.2 Å². The van der Waals surface area contributed by atoms with Crippen molar-refractivity contribution in [3.8, 4) is 0 Å². The SMILES string of the molecule is CN(C)CCc1cn(C(=O)CN(C)C(=O)C(Cc2ccccc2)OC(N)=O)c2ccccc12. The molecule has 2 amide bonds. The number of carbonyl (C=O) groups excluding carboxylic acids is 3. The molecule has 174 valence electrons. The van der Waals surface area contributed by atoms with Gasteiger partial charge in [0.25, 0.3) is 11.8 Å². The van der Waals surface area contributed by atoms with E-state index in [0.29, 0.717) is 0 Å². The van der Waals surface area contributed by atoms with Crippen molar-refractivity contribution in [1.82, 2.24) is 14.4 Å². The van der Waals surface area contributed by atoms with E-state index < -0.39 is 18.1 Å². The highest BCUT2D eigenvalue weighted by Gasteiger charge is 2.27. The molecule has 1 atom stereocenters. The lowest BCUT2D eigenvalue weighted by atomic mass is 10.1. The number of benzene rings is 2. The standard InChI is InChI=1S/C25H30N4O4/c1-27(2)14-13-19-16-29(21-12-8-7-11-20(19)21)23(30)17-28(3)24(31)22(33-25(26)32)15-18-9-5-4-6-10-18/h4-12,16,22H,13-15,17H2,1-3H3,(H2,26,32). The molecule has 0 bridgehead atoms. The number of nitrogens with zero attached hydrogens (tertiary/aromatic N) is 3. The van der Waals surface area contributed by atoms with Gasteiger partial charge in [0.15, 0.2) is 6.10 Å². The number of para-hydroxylation sites is 1. The molecule has 3 aromatic rings. The molecule has 1 aromatic heterocycles. The van der Waals surface area contributed by atoms with Gasteiger partial charge in [0.2, 0.25) is 0 Å². The van der Waals surface area contributed by atoms with Crippen LogP contribution in [0.1, 0.15) is 15.9 Å². The van der Waals surface area contributed by atoms with Gasteiger partial charge in [-0.2, -0.15) is 0 Å². The number of primary amides is 1. The van der Waals surface area contributed by atoms with Crippen molar-refractivity contribution >= 4 is 28.8 Å². The molecule has 0 saturated heterocycles. The molecule has 2 aromatic carbocycles. The molecular weight excluding hydrogens is 420 g/mol. The third-order valence-corrected chi connectivity index (χ3v) is 5.44. The van der Waals surface area contributed by atoms with Crippen LogP contribution in [0.15, 0.2) is 60.8 Å². The Balaban J connectivity index is 1.77. The lowest BCUT2D eigenvalue weighted by Crippen LogP contribution is -2.44. The van der Waals surface area contributed by atoms with E-state index in [4.69, 9.17) is 10.5 Å². The van der Waals surface area contributed by atoms with Gasteiger partial charge in [0.1, 0.15) is 6.54 Å². The first-order chi connectivity index (χ1) is 15.8. The molecular formula is C25H30N4O4. The maximum atomic E-state index is 13.2. The van der Waals surface area contributed by atoms with E-state index in [1.165, 1.54) is 11.9 Å². The van der Waals surface area contributed by atoms with Gasteiger partial charge in [-0.1, -0.05) is 48.5 Å². The van der Waals surface area contributed by atoms with Crippen molar-refractivity contribution < 1.29 is 19.1 Å². The minimum absolute atomic E-state index is 0.169. The third kappa shape index (κ3) is 6.20. The fourth-order valence-corrected chi connectivity index (χ4v) is 3.75. The molecule has 0 spiro atoms. The summed E-state index contributed by atoms with van der Waals surface area (Å²) in [5, 5.41) is 1.01. The van der Waals surface area contributed by atoms with Gasteiger partial charge < -0.3 is 20.3 Å². The number of hydrogen-bond acceptors (Lipinski definition) is 5. The summed E-state index contributed by atoms with van der Waals surface area (Å²) >= 11 is 0. The Hall–Kier alpha value is -3.65. The van der Waals surface area contributed by atoms with Gasteiger partial charge in [0.05, 0.1) is 5.52 Å². The van der Waals surface area contributed by atoms with Crippen LogP contribution in [0.25, 0.3) is 10.9 Å². The van der Waals surface area contributed by atoms with Crippen LogP contribution in [0.2, 0.25) is 0 Å². The molecule has 0 fully saturated rings. The monoisotopic (exact) mass is 450 g/mol. The van der Waals surface area contributed by atoms with Crippen molar-refractivity contribution in [2.75, 3.05) is 34.2 Å². The maximum absolute atomic E-state index is 13.2. The van der Waals surface area contributed by atoms with Crippen molar-refractivity contribution in [1.29, 1.82) is 0 Å². The van der Waals surface area contributed by atoms with Crippen molar-refractivity contribution in [2.24, 2.45) is 5.73 Å². The molecule has 0 aliphatic heterocycles. The normalized spacial score (nSPS) is 12.0. The van der Waals surface area contributed by atoms with Crippen LogP contribution in [0.4, 0.5) is 4.79 Å². The van der Waals surface area contributed by atoms with Gasteiger partial charge >= 0.3 is 6.09 Å². The van der Waals surface area contributed by atoms with Crippen molar-refractivity contribution in [2.45, 2.75) is 18.9 Å². The average molecular weight is 451 g/mol. The average Bonchev–Trinajstić information content (AvgIpc) is 3.16. The van der Waals surface area contributed by atoms with Crippen LogP contribution in [-0.2, 0) is 22.4 Å². The maximum Gasteiger partial charge on any atom is 0.405 e. The Bertz CT molecular complexity index is 1120. The number of rotatable bonds is 9. The second-order valence-electron chi connectivity index (χ2n) is 8.30. The van der Waals surface area contributed by atoms with Crippen LogP contribution in [0.5, 0.6) is 0 Å². The van der Waals surface area contributed by atoms with Gasteiger partial charge in [0, 0.05) is 31.6 Å². The molecule has 0 aliphatic carbocycles. The quantitative estimate of drug-likeness (QED) is 0.540. The Morgan fingerprint density at radius 2 is 1.67 bits per heavy atom. The van der Waals surface area contributed by atoms with E-state index in [2.05, 4.69) is 4.90 Å². The minimum atomic E-state index is -1.11. The lowest BCUT2D eigenvalue weighted by molar-refractivity contribution is -0.138. The smallest absolute Gasteiger partial charge is 0.405 e. The largest absolute Gasteiger partial charge is 0.436 e. The van der Waals surface area contributed by atoms with Crippen LogP contribution >= 0.6 is 0 Å². The lowest BCUT2D eigenvalue weighted by Gasteiger charge is -2.23. The molecule has 1 heterocycles. The molecule has 8 heteroatoms. The number of hydrogen-bond donors (Lipinski definition) is 1. The first-order valence-corrected chi connectivity index (χ1v) is 10.8. The second-order valence-corrected chi connectivity index (χ2v) is 8.30. The van der Waals surface area contributed by atoms with E-state index in [9.17, 15) is 14.4 Å².